The van der Waals surface area contributed by atoms with Gasteiger partial charge in [-0.15, -0.1) is 10.2 Å². The second kappa shape index (κ2) is 8.23. The zero-order valence-corrected chi connectivity index (χ0v) is 15.3. The lowest BCUT2D eigenvalue weighted by atomic mass is 9.96. The summed E-state index contributed by atoms with van der Waals surface area (Å²) in [6.07, 6.45) is 1.40. The van der Waals surface area contributed by atoms with Gasteiger partial charge in [0, 0.05) is 11.4 Å². The summed E-state index contributed by atoms with van der Waals surface area (Å²) in [4.78, 5) is 12.6. The largest absolute Gasteiger partial charge is 0.300 e. The lowest BCUT2D eigenvalue weighted by molar-refractivity contribution is -0.117. The average Bonchev–Trinajstić information content (AvgIpc) is 3.05. The van der Waals surface area contributed by atoms with Gasteiger partial charge < -0.3 is 0 Å². The molecule has 3 rings (SSSR count). The van der Waals surface area contributed by atoms with Crippen molar-refractivity contribution in [2.75, 3.05) is 5.32 Å². The summed E-state index contributed by atoms with van der Waals surface area (Å²) < 4.78 is 0. The normalized spacial score (nSPS) is 11.9. The van der Waals surface area contributed by atoms with Crippen molar-refractivity contribution < 1.29 is 4.79 Å². The summed E-state index contributed by atoms with van der Waals surface area (Å²) in [5.74, 6) is -0.243. The van der Waals surface area contributed by atoms with Gasteiger partial charge in [0.05, 0.1) is 5.92 Å². The molecule has 1 N–H and O–H groups in total. The van der Waals surface area contributed by atoms with Crippen LogP contribution < -0.4 is 5.32 Å². The average molecular weight is 372 g/mol. The third kappa shape index (κ3) is 4.65. The van der Waals surface area contributed by atoms with Crippen molar-refractivity contribution in [2.45, 2.75) is 25.7 Å². The van der Waals surface area contributed by atoms with Crippen molar-refractivity contribution in [3.8, 4) is 0 Å². The minimum absolute atomic E-state index is 0.0529. The minimum atomic E-state index is -0.190. The standard InChI is InChI=1S/C19H18ClN3OS/c1-2-16(14-6-4-3-5-7-14)18(24)21-19-23-22-17(25-19)12-13-8-10-15(20)11-9-13/h3-11,16H,2,12H2,1H3,(H,21,23,24)/t16-/m0/s1. The van der Waals surface area contributed by atoms with E-state index in [1.807, 2.05) is 61.5 Å². The summed E-state index contributed by atoms with van der Waals surface area (Å²) in [7, 11) is 0. The van der Waals surface area contributed by atoms with Crippen molar-refractivity contribution in [3.05, 3.63) is 75.8 Å². The zero-order chi connectivity index (χ0) is 17.6. The SMILES string of the molecule is CC[C@H](C(=O)Nc1nnc(Cc2ccc(Cl)cc2)s1)c1ccccc1. The van der Waals surface area contributed by atoms with E-state index >= 15 is 0 Å². The predicted octanol–water partition coefficient (Wildman–Crippen LogP) is 4.91. The van der Waals surface area contributed by atoms with Gasteiger partial charge in [0.2, 0.25) is 11.0 Å². The Balaban J connectivity index is 1.66. The highest BCUT2D eigenvalue weighted by atomic mass is 35.5. The Kier molecular flexibility index (Phi) is 5.79. The molecule has 0 aliphatic carbocycles. The Labute approximate surface area is 155 Å². The number of aromatic nitrogens is 2. The Morgan fingerprint density at radius 2 is 1.84 bits per heavy atom. The van der Waals surface area contributed by atoms with Crippen LogP contribution in [0.2, 0.25) is 5.02 Å². The molecule has 1 atom stereocenters. The van der Waals surface area contributed by atoms with Crippen LogP contribution in [0.1, 0.15) is 35.4 Å². The van der Waals surface area contributed by atoms with E-state index in [0.717, 1.165) is 22.6 Å². The molecule has 1 heterocycles. The number of benzene rings is 2. The number of carbonyl (C=O) groups is 1. The van der Waals surface area contributed by atoms with E-state index in [4.69, 9.17) is 11.6 Å². The molecule has 2 aromatic carbocycles. The van der Waals surface area contributed by atoms with E-state index in [1.54, 1.807) is 0 Å². The smallest absolute Gasteiger partial charge is 0.233 e. The number of carbonyl (C=O) groups excluding carboxylic acids is 1. The second-order valence-corrected chi connectivity index (χ2v) is 7.16. The Hall–Kier alpha value is -2.24. The number of amides is 1. The molecule has 0 bridgehead atoms. The maximum absolute atomic E-state index is 12.6. The highest BCUT2D eigenvalue weighted by Gasteiger charge is 2.20. The topological polar surface area (TPSA) is 54.9 Å². The monoisotopic (exact) mass is 371 g/mol. The molecule has 0 spiro atoms. The molecule has 4 nitrogen and oxygen atoms in total. The number of halogens is 1. The number of rotatable bonds is 6. The van der Waals surface area contributed by atoms with Gasteiger partial charge >= 0.3 is 0 Å². The first-order valence-electron chi connectivity index (χ1n) is 8.08. The summed E-state index contributed by atoms with van der Waals surface area (Å²) in [6.45, 7) is 2.00. The molecular weight excluding hydrogens is 354 g/mol. The first-order valence-corrected chi connectivity index (χ1v) is 9.27. The van der Waals surface area contributed by atoms with Gasteiger partial charge in [-0.05, 0) is 29.7 Å². The summed E-state index contributed by atoms with van der Waals surface area (Å²) in [5, 5.41) is 13.2. The van der Waals surface area contributed by atoms with Crippen LogP contribution in [-0.2, 0) is 11.2 Å². The fourth-order valence-electron chi connectivity index (χ4n) is 2.60. The molecule has 0 aliphatic rings. The van der Waals surface area contributed by atoms with Crippen molar-refractivity contribution in [1.82, 2.24) is 10.2 Å². The van der Waals surface area contributed by atoms with Gasteiger partial charge in [-0.1, -0.05) is 72.3 Å². The van der Waals surface area contributed by atoms with Gasteiger partial charge in [-0.3, -0.25) is 10.1 Å². The van der Waals surface area contributed by atoms with E-state index in [-0.39, 0.29) is 11.8 Å². The number of nitrogens with one attached hydrogen (secondary N) is 1. The van der Waals surface area contributed by atoms with Gasteiger partial charge in [-0.25, -0.2) is 0 Å². The molecule has 0 saturated heterocycles. The van der Waals surface area contributed by atoms with E-state index in [2.05, 4.69) is 15.5 Å². The number of hydrogen-bond acceptors (Lipinski definition) is 4. The Bertz CT molecular complexity index is 833. The second-order valence-electron chi connectivity index (χ2n) is 5.66. The molecule has 128 valence electrons. The summed E-state index contributed by atoms with van der Waals surface area (Å²) in [5.41, 5.74) is 2.11. The molecule has 0 radical (unpaired) electrons. The first-order chi connectivity index (χ1) is 12.2. The van der Waals surface area contributed by atoms with Crippen LogP contribution in [0.15, 0.2) is 54.6 Å². The maximum Gasteiger partial charge on any atom is 0.233 e. The number of hydrogen-bond donors (Lipinski definition) is 1. The minimum Gasteiger partial charge on any atom is -0.300 e. The van der Waals surface area contributed by atoms with Crippen molar-refractivity contribution >= 4 is 34.0 Å². The third-order valence-electron chi connectivity index (χ3n) is 3.89. The van der Waals surface area contributed by atoms with Crippen molar-refractivity contribution in [1.29, 1.82) is 0 Å². The molecule has 3 aromatic rings. The molecule has 0 saturated carbocycles. The molecule has 6 heteroatoms. The Morgan fingerprint density at radius 1 is 1.12 bits per heavy atom. The highest BCUT2D eigenvalue weighted by Crippen LogP contribution is 2.24. The predicted molar refractivity (Wildman–Crippen MR) is 102 cm³/mol. The number of nitrogens with zero attached hydrogens (tertiary/aromatic N) is 2. The lowest BCUT2D eigenvalue weighted by Gasteiger charge is -2.13. The van der Waals surface area contributed by atoms with Crippen molar-refractivity contribution in [2.24, 2.45) is 0 Å². The highest BCUT2D eigenvalue weighted by molar-refractivity contribution is 7.15. The van der Waals surface area contributed by atoms with Crippen LogP contribution >= 0.6 is 22.9 Å². The van der Waals surface area contributed by atoms with Crippen LogP contribution in [-0.4, -0.2) is 16.1 Å². The zero-order valence-electron chi connectivity index (χ0n) is 13.8. The van der Waals surface area contributed by atoms with Gasteiger partial charge in [0.15, 0.2) is 0 Å². The Morgan fingerprint density at radius 3 is 2.52 bits per heavy atom. The fourth-order valence-corrected chi connectivity index (χ4v) is 3.51. The maximum atomic E-state index is 12.6. The van der Waals surface area contributed by atoms with Gasteiger partial charge in [0.1, 0.15) is 5.01 Å². The molecular formula is C19H18ClN3OS. The number of anilines is 1. The van der Waals surface area contributed by atoms with E-state index < -0.39 is 0 Å². The van der Waals surface area contributed by atoms with Crippen molar-refractivity contribution in [3.63, 3.8) is 0 Å². The van der Waals surface area contributed by atoms with Gasteiger partial charge in [-0.2, -0.15) is 0 Å². The molecule has 0 unspecified atom stereocenters. The summed E-state index contributed by atoms with van der Waals surface area (Å²) in [6, 6.07) is 17.4. The van der Waals surface area contributed by atoms with Gasteiger partial charge in [0.25, 0.3) is 0 Å². The third-order valence-corrected chi connectivity index (χ3v) is 4.98. The first kappa shape index (κ1) is 17.6. The molecule has 1 amide bonds. The molecule has 0 fully saturated rings. The van der Waals surface area contributed by atoms with Crippen LogP contribution in [0.25, 0.3) is 0 Å². The summed E-state index contributed by atoms with van der Waals surface area (Å²) >= 11 is 7.29. The quantitative estimate of drug-likeness (QED) is 0.669. The molecule has 25 heavy (non-hydrogen) atoms. The van der Waals surface area contributed by atoms with Crippen LogP contribution in [0, 0.1) is 0 Å². The fraction of sp³-hybridized carbons (Fsp3) is 0.211. The van der Waals surface area contributed by atoms with E-state index in [9.17, 15) is 4.79 Å². The van der Waals surface area contributed by atoms with E-state index in [1.165, 1.54) is 11.3 Å². The van der Waals surface area contributed by atoms with E-state index in [0.29, 0.717) is 16.6 Å². The molecule has 1 aromatic heterocycles. The van der Waals surface area contributed by atoms with Crippen LogP contribution in [0.4, 0.5) is 5.13 Å². The van der Waals surface area contributed by atoms with Crippen LogP contribution in [0.5, 0.6) is 0 Å². The lowest BCUT2D eigenvalue weighted by Crippen LogP contribution is -2.20. The molecule has 0 aliphatic heterocycles. The van der Waals surface area contributed by atoms with Crippen LogP contribution in [0.3, 0.4) is 0 Å².